The van der Waals surface area contributed by atoms with Crippen molar-refractivity contribution >= 4 is 16.8 Å². The maximum Gasteiger partial charge on any atom is 0.425 e. The lowest BCUT2D eigenvalue weighted by molar-refractivity contribution is -0.249. The second-order valence-electron chi connectivity index (χ2n) is 8.49. The normalized spacial score (nSPS) is 19.3. The summed E-state index contributed by atoms with van der Waals surface area (Å²) in [6, 6.07) is 8.89. The summed E-state index contributed by atoms with van der Waals surface area (Å²) in [5, 5.41) is 15.9. The van der Waals surface area contributed by atoms with E-state index in [1.807, 2.05) is 0 Å². The van der Waals surface area contributed by atoms with Gasteiger partial charge in [0.1, 0.15) is 5.82 Å². The van der Waals surface area contributed by atoms with Crippen LogP contribution in [0.5, 0.6) is 0 Å². The number of amides is 1. The fourth-order valence-corrected chi connectivity index (χ4v) is 4.70. The Labute approximate surface area is 197 Å². The van der Waals surface area contributed by atoms with Gasteiger partial charge in [-0.05, 0) is 60.0 Å². The number of hydrogen-bond acceptors (Lipinski definition) is 4. The highest BCUT2D eigenvalue weighted by Gasteiger charge is 2.58. The molecular weight excluding hydrogens is 464 g/mol. The average Bonchev–Trinajstić information content (AvgIpc) is 3.42. The minimum Gasteiger partial charge on any atom is -0.372 e. The molecule has 180 valence electrons. The Morgan fingerprint density at radius 2 is 1.89 bits per heavy atom. The molecule has 1 aliphatic carbocycles. The standard InChI is InChI=1S/C25H20F4N4O2/c26-17-5-7-18(8-6-17)33-21-9-4-16(12-15(21)13-31-33)24(35,25(27,28)29)20-2-1-3-22-19(20)10-11-32(22)14-23(30)34/h1-2,4-13,22,35H,3,14H2,(H2,30,34). The minimum absolute atomic E-state index is 0.148. The molecule has 1 aromatic heterocycles. The summed E-state index contributed by atoms with van der Waals surface area (Å²) < 4.78 is 58.4. The van der Waals surface area contributed by atoms with Crippen LogP contribution >= 0.6 is 0 Å². The van der Waals surface area contributed by atoms with E-state index in [2.05, 4.69) is 5.10 Å². The van der Waals surface area contributed by atoms with Crippen molar-refractivity contribution < 1.29 is 27.5 Å². The zero-order valence-electron chi connectivity index (χ0n) is 18.2. The highest BCUT2D eigenvalue weighted by atomic mass is 19.4. The van der Waals surface area contributed by atoms with E-state index < -0.39 is 29.5 Å². The van der Waals surface area contributed by atoms with Crippen LogP contribution in [-0.2, 0) is 10.4 Å². The number of carbonyl (C=O) groups excluding carboxylic acids is 1. The van der Waals surface area contributed by atoms with Crippen molar-refractivity contribution in [2.24, 2.45) is 5.73 Å². The third-order valence-electron chi connectivity index (χ3n) is 6.36. The Morgan fingerprint density at radius 3 is 2.57 bits per heavy atom. The second-order valence-corrected chi connectivity index (χ2v) is 8.49. The van der Waals surface area contributed by atoms with E-state index in [-0.39, 0.29) is 23.3 Å². The van der Waals surface area contributed by atoms with Crippen molar-refractivity contribution in [1.82, 2.24) is 14.7 Å². The summed E-state index contributed by atoms with van der Waals surface area (Å²) >= 11 is 0. The Bertz CT molecular complexity index is 1410. The van der Waals surface area contributed by atoms with Gasteiger partial charge in [0.05, 0.1) is 30.0 Å². The first-order valence-corrected chi connectivity index (χ1v) is 10.8. The molecule has 5 rings (SSSR count). The van der Waals surface area contributed by atoms with Gasteiger partial charge in [-0.15, -0.1) is 0 Å². The van der Waals surface area contributed by atoms with Gasteiger partial charge in [-0.1, -0.05) is 18.2 Å². The lowest BCUT2D eigenvalue weighted by Gasteiger charge is -2.37. The number of alkyl halides is 3. The molecule has 0 spiro atoms. The number of hydrogen-bond donors (Lipinski definition) is 2. The topological polar surface area (TPSA) is 84.4 Å². The van der Waals surface area contributed by atoms with Crippen LogP contribution in [0.1, 0.15) is 12.0 Å². The number of benzene rings is 2. The van der Waals surface area contributed by atoms with Gasteiger partial charge in [0.25, 0.3) is 0 Å². The van der Waals surface area contributed by atoms with E-state index in [1.165, 1.54) is 71.7 Å². The number of halogens is 4. The number of carbonyl (C=O) groups is 1. The molecule has 1 aliphatic heterocycles. The molecular formula is C25H20F4N4O2. The Balaban J connectivity index is 1.62. The molecule has 2 unspecified atom stereocenters. The van der Waals surface area contributed by atoms with E-state index in [4.69, 9.17) is 5.73 Å². The molecule has 0 saturated carbocycles. The van der Waals surface area contributed by atoms with E-state index in [1.54, 1.807) is 11.0 Å². The molecule has 10 heteroatoms. The van der Waals surface area contributed by atoms with Gasteiger partial charge in [0, 0.05) is 17.2 Å². The van der Waals surface area contributed by atoms with Crippen molar-refractivity contribution in [3.05, 3.63) is 95.6 Å². The molecule has 3 aromatic rings. The number of aliphatic hydroxyl groups is 1. The first-order valence-electron chi connectivity index (χ1n) is 10.8. The molecule has 2 aromatic carbocycles. The highest BCUT2D eigenvalue weighted by Crippen LogP contribution is 2.49. The van der Waals surface area contributed by atoms with Crippen LogP contribution in [-0.4, -0.2) is 44.5 Å². The lowest BCUT2D eigenvalue weighted by Crippen LogP contribution is -2.46. The minimum atomic E-state index is -5.05. The summed E-state index contributed by atoms with van der Waals surface area (Å²) in [4.78, 5) is 13.0. The number of nitrogens with zero attached hydrogens (tertiary/aromatic N) is 3. The molecule has 0 bridgehead atoms. The molecule has 2 heterocycles. The van der Waals surface area contributed by atoms with E-state index in [0.717, 1.165) is 0 Å². The first-order chi connectivity index (χ1) is 16.6. The average molecular weight is 484 g/mol. The van der Waals surface area contributed by atoms with Crippen LogP contribution in [0.4, 0.5) is 17.6 Å². The fraction of sp³-hybridized carbons (Fsp3) is 0.200. The summed E-state index contributed by atoms with van der Waals surface area (Å²) in [5.74, 6) is -1.03. The summed E-state index contributed by atoms with van der Waals surface area (Å²) in [5.41, 5.74) is 2.59. The number of primary amides is 1. The molecule has 35 heavy (non-hydrogen) atoms. The molecule has 6 nitrogen and oxygen atoms in total. The third-order valence-corrected chi connectivity index (χ3v) is 6.36. The Hall–Kier alpha value is -3.92. The van der Waals surface area contributed by atoms with Crippen LogP contribution in [0.25, 0.3) is 16.6 Å². The highest BCUT2D eigenvalue weighted by molar-refractivity contribution is 5.81. The van der Waals surface area contributed by atoms with E-state index in [9.17, 15) is 27.5 Å². The monoisotopic (exact) mass is 484 g/mol. The zero-order chi connectivity index (χ0) is 25.0. The maximum atomic E-state index is 14.6. The first kappa shape index (κ1) is 22.9. The van der Waals surface area contributed by atoms with Gasteiger partial charge >= 0.3 is 6.18 Å². The molecule has 0 radical (unpaired) electrons. The Morgan fingerprint density at radius 1 is 1.14 bits per heavy atom. The number of nitrogens with two attached hydrogens (primary N) is 1. The molecule has 2 aliphatic rings. The Kier molecular flexibility index (Phi) is 5.28. The van der Waals surface area contributed by atoms with E-state index >= 15 is 0 Å². The quantitative estimate of drug-likeness (QED) is 0.539. The van der Waals surface area contributed by atoms with Crippen molar-refractivity contribution in [2.75, 3.05) is 6.54 Å². The van der Waals surface area contributed by atoms with Gasteiger partial charge in [-0.3, -0.25) is 4.79 Å². The number of rotatable bonds is 5. The molecule has 2 atom stereocenters. The van der Waals surface area contributed by atoms with Gasteiger partial charge in [-0.2, -0.15) is 18.3 Å². The number of fused-ring (bicyclic) bond motifs is 2. The predicted molar refractivity (Wildman–Crippen MR) is 121 cm³/mol. The molecule has 0 fully saturated rings. The van der Waals surface area contributed by atoms with Crippen LogP contribution in [0, 0.1) is 5.82 Å². The van der Waals surface area contributed by atoms with Gasteiger partial charge in [-0.25, -0.2) is 9.07 Å². The summed E-state index contributed by atoms with van der Waals surface area (Å²) in [6.07, 6.45) is 2.54. The predicted octanol–water partition coefficient (Wildman–Crippen LogP) is 3.85. The van der Waals surface area contributed by atoms with Gasteiger partial charge in [0.15, 0.2) is 0 Å². The van der Waals surface area contributed by atoms with Crippen LogP contribution in [0.2, 0.25) is 0 Å². The smallest absolute Gasteiger partial charge is 0.372 e. The van der Waals surface area contributed by atoms with Crippen molar-refractivity contribution in [2.45, 2.75) is 24.2 Å². The third kappa shape index (κ3) is 3.70. The number of aromatic nitrogens is 2. The molecule has 1 amide bonds. The maximum absolute atomic E-state index is 14.6. The zero-order valence-corrected chi connectivity index (χ0v) is 18.2. The van der Waals surface area contributed by atoms with Crippen molar-refractivity contribution in [1.29, 1.82) is 0 Å². The summed E-state index contributed by atoms with van der Waals surface area (Å²) in [6.45, 7) is -0.148. The van der Waals surface area contributed by atoms with Gasteiger partial charge < -0.3 is 15.7 Å². The van der Waals surface area contributed by atoms with Crippen LogP contribution in [0.15, 0.2) is 84.2 Å². The SMILES string of the molecule is NC(=O)CN1C=CC2=C(C(O)(c3ccc4c(cnn4-c4ccc(F)cc4)c3)C(F)(F)F)C=CCC21. The van der Waals surface area contributed by atoms with Crippen LogP contribution in [0.3, 0.4) is 0 Å². The summed E-state index contributed by atoms with van der Waals surface area (Å²) in [7, 11) is 0. The van der Waals surface area contributed by atoms with Gasteiger partial charge in [0.2, 0.25) is 11.5 Å². The molecule has 3 N–H and O–H groups in total. The molecule has 0 saturated heterocycles. The lowest BCUT2D eigenvalue weighted by atomic mass is 9.78. The fourth-order valence-electron chi connectivity index (χ4n) is 4.70. The largest absolute Gasteiger partial charge is 0.425 e. The second kappa shape index (κ2) is 8.09. The van der Waals surface area contributed by atoms with Crippen molar-refractivity contribution in [3.8, 4) is 5.69 Å². The van der Waals surface area contributed by atoms with Crippen LogP contribution < -0.4 is 5.73 Å². The van der Waals surface area contributed by atoms with Crippen molar-refractivity contribution in [3.63, 3.8) is 0 Å². The van der Waals surface area contributed by atoms with E-state index in [0.29, 0.717) is 23.0 Å².